The molecule has 0 spiro atoms. The van der Waals surface area contributed by atoms with Gasteiger partial charge in [-0.05, 0) is 78.0 Å². The highest BCUT2D eigenvalue weighted by Crippen LogP contribution is 2.37. The Morgan fingerprint density at radius 2 is 1.65 bits per heavy atom. The second-order valence-electron chi connectivity index (χ2n) is 10.5. The zero-order chi connectivity index (χ0) is 23.2. The van der Waals surface area contributed by atoms with Crippen molar-refractivity contribution in [2.45, 2.75) is 77.9 Å². The first kappa shape index (κ1) is 24.3. The van der Waals surface area contributed by atoms with Crippen LogP contribution in [0.15, 0.2) is 12.1 Å². The third kappa shape index (κ3) is 5.17. The lowest BCUT2D eigenvalue weighted by Crippen LogP contribution is -2.50. The van der Waals surface area contributed by atoms with Gasteiger partial charge in [0.25, 0.3) is 0 Å². The van der Waals surface area contributed by atoms with Crippen molar-refractivity contribution in [1.29, 1.82) is 0 Å². The van der Waals surface area contributed by atoms with Crippen LogP contribution in [0.1, 0.15) is 59.6 Å². The number of thiol groups is 1. The van der Waals surface area contributed by atoms with E-state index in [2.05, 4.69) is 64.3 Å². The van der Waals surface area contributed by atoms with Crippen molar-refractivity contribution in [3.05, 3.63) is 23.3 Å². The summed E-state index contributed by atoms with van der Waals surface area (Å²) < 4.78 is 18.2. The molecular formula is C23H37BN2O4S. The summed E-state index contributed by atoms with van der Waals surface area (Å²) in [6.45, 7) is 18.8. The first-order chi connectivity index (χ1) is 14.2. The highest BCUT2D eigenvalue weighted by atomic mass is 32.1. The average molecular weight is 448 g/mol. The Labute approximate surface area is 193 Å². The van der Waals surface area contributed by atoms with E-state index in [0.717, 1.165) is 35.4 Å². The van der Waals surface area contributed by atoms with Crippen LogP contribution in [0.25, 0.3) is 0 Å². The van der Waals surface area contributed by atoms with Gasteiger partial charge >= 0.3 is 13.2 Å². The van der Waals surface area contributed by atoms with Crippen LogP contribution in [0.4, 0.5) is 10.5 Å². The summed E-state index contributed by atoms with van der Waals surface area (Å²) in [7, 11) is -0.411. The van der Waals surface area contributed by atoms with Crippen LogP contribution in [0.5, 0.6) is 0 Å². The summed E-state index contributed by atoms with van der Waals surface area (Å²) in [6.07, 6.45) is -0.245. The van der Waals surface area contributed by atoms with E-state index in [4.69, 9.17) is 14.0 Å². The molecule has 0 aromatic heterocycles. The minimum absolute atomic E-state index is 0.245. The van der Waals surface area contributed by atoms with Crippen molar-refractivity contribution in [1.82, 2.24) is 4.90 Å². The van der Waals surface area contributed by atoms with Crippen LogP contribution >= 0.6 is 12.6 Å². The van der Waals surface area contributed by atoms with Gasteiger partial charge in [0.15, 0.2) is 0 Å². The molecule has 2 aliphatic rings. The SMILES string of the molecule is Cc1c(B2OC(C)(C)C(C)(C)O2)cc(CS)cc1N1CCN(C(=O)OC(C)(C)C)CC1. The van der Waals surface area contributed by atoms with Gasteiger partial charge in [-0.25, -0.2) is 4.79 Å². The number of hydrogen-bond donors (Lipinski definition) is 1. The quantitative estimate of drug-likeness (QED) is 0.564. The molecule has 6 nitrogen and oxygen atoms in total. The van der Waals surface area contributed by atoms with Crippen molar-refractivity contribution >= 4 is 37.0 Å². The van der Waals surface area contributed by atoms with Crippen molar-refractivity contribution in [3.8, 4) is 0 Å². The van der Waals surface area contributed by atoms with E-state index >= 15 is 0 Å². The lowest BCUT2D eigenvalue weighted by Gasteiger charge is -2.38. The molecule has 1 amide bonds. The van der Waals surface area contributed by atoms with Crippen LogP contribution in [0.3, 0.4) is 0 Å². The van der Waals surface area contributed by atoms with Gasteiger partial charge in [-0.2, -0.15) is 12.6 Å². The van der Waals surface area contributed by atoms with Gasteiger partial charge in [-0.3, -0.25) is 0 Å². The lowest BCUT2D eigenvalue weighted by molar-refractivity contribution is 0.00578. The Hall–Kier alpha value is -1.38. The smallest absolute Gasteiger partial charge is 0.444 e. The van der Waals surface area contributed by atoms with Crippen molar-refractivity contribution < 1.29 is 18.8 Å². The van der Waals surface area contributed by atoms with E-state index in [-0.39, 0.29) is 17.3 Å². The second-order valence-corrected chi connectivity index (χ2v) is 10.8. The number of hydrogen-bond acceptors (Lipinski definition) is 6. The van der Waals surface area contributed by atoms with Gasteiger partial charge in [0.05, 0.1) is 11.2 Å². The second kappa shape index (κ2) is 8.52. The molecule has 1 aromatic carbocycles. The van der Waals surface area contributed by atoms with Crippen LogP contribution in [-0.2, 0) is 19.8 Å². The Morgan fingerprint density at radius 1 is 1.10 bits per heavy atom. The van der Waals surface area contributed by atoms with Crippen LogP contribution in [0, 0.1) is 6.92 Å². The highest BCUT2D eigenvalue weighted by Gasteiger charge is 2.52. The average Bonchev–Trinajstić information content (AvgIpc) is 2.88. The topological polar surface area (TPSA) is 51.2 Å². The fourth-order valence-electron chi connectivity index (χ4n) is 3.87. The summed E-state index contributed by atoms with van der Waals surface area (Å²) in [5, 5.41) is 0. The van der Waals surface area contributed by atoms with Gasteiger partial charge in [0.2, 0.25) is 0 Å². The number of piperazine rings is 1. The minimum atomic E-state index is -0.483. The Bertz CT molecular complexity index is 814. The highest BCUT2D eigenvalue weighted by molar-refractivity contribution is 7.79. The largest absolute Gasteiger partial charge is 0.495 e. The zero-order valence-electron chi connectivity index (χ0n) is 20.2. The van der Waals surface area contributed by atoms with Crippen molar-refractivity contribution in [2.75, 3.05) is 31.1 Å². The lowest BCUT2D eigenvalue weighted by atomic mass is 9.75. The molecule has 0 radical (unpaired) electrons. The summed E-state index contributed by atoms with van der Waals surface area (Å²) in [5.74, 6) is 0.637. The predicted molar refractivity (Wildman–Crippen MR) is 130 cm³/mol. The number of nitrogens with zero attached hydrogens (tertiary/aromatic N) is 2. The van der Waals surface area contributed by atoms with Gasteiger partial charge in [0.1, 0.15) is 5.60 Å². The minimum Gasteiger partial charge on any atom is -0.444 e. The third-order valence-corrected chi connectivity index (χ3v) is 6.81. The maximum atomic E-state index is 12.4. The number of carbonyl (C=O) groups is 1. The molecule has 3 rings (SSSR count). The van der Waals surface area contributed by atoms with Crippen LogP contribution < -0.4 is 10.4 Å². The maximum absolute atomic E-state index is 12.4. The molecule has 0 N–H and O–H groups in total. The van der Waals surface area contributed by atoms with E-state index in [1.54, 1.807) is 4.90 Å². The van der Waals surface area contributed by atoms with E-state index in [9.17, 15) is 4.79 Å². The molecule has 0 aliphatic carbocycles. The summed E-state index contributed by atoms with van der Waals surface area (Å²) in [4.78, 5) is 16.5. The third-order valence-electron chi connectivity index (χ3n) is 6.44. The molecule has 172 valence electrons. The summed E-state index contributed by atoms with van der Waals surface area (Å²) in [6, 6.07) is 4.34. The normalized spacial score (nSPS) is 20.9. The number of anilines is 1. The number of carbonyl (C=O) groups excluding carboxylic acids is 1. The molecule has 2 aliphatic heterocycles. The number of rotatable bonds is 3. The van der Waals surface area contributed by atoms with Gasteiger partial charge in [0, 0.05) is 37.6 Å². The molecule has 1 aromatic rings. The maximum Gasteiger partial charge on any atom is 0.495 e. The van der Waals surface area contributed by atoms with E-state index in [0.29, 0.717) is 18.8 Å². The fourth-order valence-corrected chi connectivity index (χ4v) is 4.05. The summed E-state index contributed by atoms with van der Waals surface area (Å²) in [5.41, 5.74) is 3.22. The van der Waals surface area contributed by atoms with E-state index in [1.165, 1.54) is 0 Å². The molecule has 0 bridgehead atoms. The number of amides is 1. The predicted octanol–water partition coefficient (Wildman–Crippen LogP) is 3.78. The standard InChI is InChI=1S/C23H37BN2O4S/c1-16-18(24-29-22(5,6)23(7,8)30-24)13-17(15-31)14-19(16)25-9-11-26(12-10-25)20(27)28-21(2,3)4/h13-14,31H,9-12,15H2,1-8H3. The van der Waals surface area contributed by atoms with E-state index in [1.807, 2.05) is 20.8 Å². The van der Waals surface area contributed by atoms with Crippen LogP contribution in [0.2, 0.25) is 0 Å². The van der Waals surface area contributed by atoms with Crippen molar-refractivity contribution in [3.63, 3.8) is 0 Å². The van der Waals surface area contributed by atoms with Gasteiger partial charge in [-0.15, -0.1) is 0 Å². The van der Waals surface area contributed by atoms with Crippen LogP contribution in [-0.4, -0.2) is 61.1 Å². The number of ether oxygens (including phenoxy) is 1. The Kier molecular flexibility index (Phi) is 6.67. The molecule has 2 fully saturated rings. The molecule has 2 saturated heterocycles. The fraction of sp³-hybridized carbons (Fsp3) is 0.696. The number of benzene rings is 1. The molecule has 31 heavy (non-hydrogen) atoms. The molecule has 0 saturated carbocycles. The monoisotopic (exact) mass is 448 g/mol. The van der Waals surface area contributed by atoms with Gasteiger partial charge in [-0.1, -0.05) is 6.07 Å². The molecule has 2 heterocycles. The molecule has 8 heteroatoms. The Morgan fingerprint density at radius 3 is 2.13 bits per heavy atom. The first-order valence-corrected chi connectivity index (χ1v) is 11.7. The van der Waals surface area contributed by atoms with Gasteiger partial charge < -0.3 is 23.8 Å². The molecular weight excluding hydrogens is 411 g/mol. The summed E-state index contributed by atoms with van der Waals surface area (Å²) >= 11 is 4.52. The Balaban J connectivity index is 1.80. The van der Waals surface area contributed by atoms with E-state index < -0.39 is 12.7 Å². The molecule has 0 atom stereocenters. The first-order valence-electron chi connectivity index (χ1n) is 11.1. The molecule has 0 unspecified atom stereocenters. The van der Waals surface area contributed by atoms with Crippen molar-refractivity contribution in [2.24, 2.45) is 0 Å². The zero-order valence-corrected chi connectivity index (χ0v) is 21.1.